The first kappa shape index (κ1) is 28.4. The zero-order valence-electron chi connectivity index (χ0n) is 22.1. The zero-order valence-corrected chi connectivity index (χ0v) is 22.1. The van der Waals surface area contributed by atoms with Gasteiger partial charge in [0.15, 0.2) is 28.8 Å². The number of carbonyl (C=O) groups excluding carboxylic acids is 1. The summed E-state index contributed by atoms with van der Waals surface area (Å²) in [5.74, 6) is -2.05. The number of pyridine rings is 1. The molecule has 4 aromatic rings. The summed E-state index contributed by atoms with van der Waals surface area (Å²) in [7, 11) is 1.49. The van der Waals surface area contributed by atoms with E-state index in [9.17, 15) is 18.8 Å². The Morgan fingerprint density at radius 2 is 1.80 bits per heavy atom. The summed E-state index contributed by atoms with van der Waals surface area (Å²) in [6.45, 7) is 3.94. The molecular formula is C30H26F2N8O. The van der Waals surface area contributed by atoms with Gasteiger partial charge in [0.05, 0.1) is 6.20 Å². The van der Waals surface area contributed by atoms with E-state index in [0.717, 1.165) is 28.8 Å². The van der Waals surface area contributed by atoms with Gasteiger partial charge in [0, 0.05) is 43.2 Å². The lowest BCUT2D eigenvalue weighted by molar-refractivity contribution is 0.0779. The molecule has 0 aliphatic carbocycles. The second-order valence-corrected chi connectivity index (χ2v) is 9.04. The number of aromatic nitrogens is 3. The number of nitrogen functional groups attached to an aromatic ring is 1. The lowest BCUT2D eigenvalue weighted by Crippen LogP contribution is -2.28. The highest BCUT2D eigenvalue weighted by Gasteiger charge is 2.21. The summed E-state index contributed by atoms with van der Waals surface area (Å²) in [6, 6.07) is 14.7. The minimum absolute atomic E-state index is 0.00780. The maximum absolute atomic E-state index is 13.6. The number of amides is 1. The number of carbonyl (C=O) groups is 1. The lowest BCUT2D eigenvalue weighted by atomic mass is 10.0. The van der Waals surface area contributed by atoms with Crippen LogP contribution in [-0.2, 0) is 13.1 Å². The van der Waals surface area contributed by atoms with Crippen LogP contribution < -0.4 is 16.8 Å². The fourth-order valence-electron chi connectivity index (χ4n) is 3.97. The van der Waals surface area contributed by atoms with Crippen LogP contribution in [0.4, 0.5) is 20.4 Å². The third-order valence-electron chi connectivity index (χ3n) is 6.11. The number of anilines is 2. The van der Waals surface area contributed by atoms with E-state index in [4.69, 9.17) is 11.5 Å². The van der Waals surface area contributed by atoms with Gasteiger partial charge in [-0.2, -0.15) is 5.26 Å². The van der Waals surface area contributed by atoms with Crippen molar-refractivity contribution in [3.63, 3.8) is 0 Å². The standard InChI is InChI=1S/C30H26F2N8O/c1-3-4-26(34)23-12-21(15-36-28(23)35)20-8-5-18(6-9-20)14-37-29-27(39-22(13-33)16-38-29)30(41)40(2)17-19-7-10-24(31)25(32)11-19/h3-12,15-16H,1,14,17,34H2,2H3,(H2,35,36)(H,37,38)/b26-4+. The van der Waals surface area contributed by atoms with E-state index in [1.807, 2.05) is 36.4 Å². The molecular weight excluding hydrogens is 526 g/mol. The van der Waals surface area contributed by atoms with E-state index in [2.05, 4.69) is 26.8 Å². The van der Waals surface area contributed by atoms with Crippen molar-refractivity contribution in [2.75, 3.05) is 18.1 Å². The van der Waals surface area contributed by atoms with E-state index in [0.29, 0.717) is 29.2 Å². The molecule has 206 valence electrons. The van der Waals surface area contributed by atoms with Crippen LogP contribution in [0.1, 0.15) is 32.9 Å². The van der Waals surface area contributed by atoms with Gasteiger partial charge in [0.2, 0.25) is 0 Å². The average Bonchev–Trinajstić information content (AvgIpc) is 2.98. The summed E-state index contributed by atoms with van der Waals surface area (Å²) < 4.78 is 26.9. The summed E-state index contributed by atoms with van der Waals surface area (Å²) in [4.78, 5) is 27.1. The van der Waals surface area contributed by atoms with Gasteiger partial charge in [-0.15, -0.1) is 0 Å². The van der Waals surface area contributed by atoms with Crippen molar-refractivity contribution < 1.29 is 13.6 Å². The van der Waals surface area contributed by atoms with Gasteiger partial charge in [0.1, 0.15) is 11.9 Å². The van der Waals surface area contributed by atoms with Crippen molar-refractivity contribution in [2.24, 2.45) is 5.73 Å². The van der Waals surface area contributed by atoms with E-state index in [1.165, 1.54) is 24.2 Å². The highest BCUT2D eigenvalue weighted by Crippen LogP contribution is 2.25. The van der Waals surface area contributed by atoms with Crippen molar-refractivity contribution >= 4 is 23.2 Å². The number of allylic oxidation sites excluding steroid dienone is 2. The van der Waals surface area contributed by atoms with Crippen molar-refractivity contribution in [1.29, 1.82) is 5.26 Å². The summed E-state index contributed by atoms with van der Waals surface area (Å²) in [6.07, 6.45) is 6.15. The summed E-state index contributed by atoms with van der Waals surface area (Å²) >= 11 is 0. The molecule has 4 rings (SSSR count). The third kappa shape index (κ3) is 6.69. The molecule has 11 heteroatoms. The quantitative estimate of drug-likeness (QED) is 0.255. The zero-order chi connectivity index (χ0) is 29.5. The van der Waals surface area contributed by atoms with Gasteiger partial charge in [-0.3, -0.25) is 4.79 Å². The SMILES string of the molecule is C=C/C=C(/N)c1cc(-c2ccc(CNc3ncc(C#N)nc3C(=O)N(C)Cc3ccc(F)c(F)c3)cc2)cnc1N. The van der Waals surface area contributed by atoms with Crippen molar-refractivity contribution in [3.8, 4) is 17.2 Å². The number of nitrogens with one attached hydrogen (secondary N) is 1. The average molecular weight is 553 g/mol. The Bertz CT molecular complexity index is 1680. The van der Waals surface area contributed by atoms with Crippen LogP contribution in [0.5, 0.6) is 0 Å². The Morgan fingerprint density at radius 3 is 2.49 bits per heavy atom. The summed E-state index contributed by atoms with van der Waals surface area (Å²) in [5, 5.41) is 12.4. The third-order valence-corrected chi connectivity index (χ3v) is 6.11. The molecule has 0 aliphatic rings. The number of hydrogen-bond donors (Lipinski definition) is 3. The first-order valence-electron chi connectivity index (χ1n) is 12.3. The van der Waals surface area contributed by atoms with E-state index in [1.54, 1.807) is 18.3 Å². The molecule has 2 aromatic heterocycles. The van der Waals surface area contributed by atoms with E-state index < -0.39 is 17.5 Å². The van der Waals surface area contributed by atoms with Crippen molar-refractivity contribution in [1.82, 2.24) is 19.9 Å². The van der Waals surface area contributed by atoms with Crippen LogP contribution in [0.25, 0.3) is 16.8 Å². The molecule has 0 radical (unpaired) electrons. The van der Waals surface area contributed by atoms with Gasteiger partial charge in [-0.1, -0.05) is 43.0 Å². The largest absolute Gasteiger partial charge is 0.398 e. The van der Waals surface area contributed by atoms with Crippen molar-refractivity contribution in [3.05, 3.63) is 119 Å². The second kappa shape index (κ2) is 12.5. The van der Waals surface area contributed by atoms with Gasteiger partial charge < -0.3 is 21.7 Å². The first-order valence-corrected chi connectivity index (χ1v) is 12.3. The van der Waals surface area contributed by atoms with Crippen molar-refractivity contribution in [2.45, 2.75) is 13.1 Å². The molecule has 2 heterocycles. The number of rotatable bonds is 9. The number of nitrogens with zero attached hydrogens (tertiary/aromatic N) is 5. The number of benzene rings is 2. The smallest absolute Gasteiger partial charge is 0.276 e. The fraction of sp³-hybridized carbons (Fsp3) is 0.100. The maximum atomic E-state index is 13.6. The Morgan fingerprint density at radius 1 is 1.07 bits per heavy atom. The van der Waals surface area contributed by atoms with E-state index in [-0.39, 0.29) is 23.8 Å². The monoisotopic (exact) mass is 552 g/mol. The molecule has 0 fully saturated rings. The normalized spacial score (nSPS) is 11.0. The Hall–Kier alpha value is -5.63. The summed E-state index contributed by atoms with van der Waals surface area (Å²) in [5.41, 5.74) is 16.0. The molecule has 0 saturated heterocycles. The first-order chi connectivity index (χ1) is 19.7. The number of nitrogens with two attached hydrogens (primary N) is 2. The molecule has 1 amide bonds. The number of halogens is 2. The fourth-order valence-corrected chi connectivity index (χ4v) is 3.97. The van der Waals surface area contributed by atoms with Gasteiger partial charge in [-0.05, 0) is 41.0 Å². The molecule has 0 atom stereocenters. The van der Waals surface area contributed by atoms with Gasteiger partial charge in [0.25, 0.3) is 5.91 Å². The lowest BCUT2D eigenvalue weighted by Gasteiger charge is -2.19. The molecule has 41 heavy (non-hydrogen) atoms. The number of nitriles is 1. The predicted octanol–water partition coefficient (Wildman–Crippen LogP) is 4.64. The van der Waals surface area contributed by atoms with Crippen LogP contribution in [0, 0.1) is 23.0 Å². The molecule has 0 unspecified atom stereocenters. The van der Waals surface area contributed by atoms with Gasteiger partial charge in [-0.25, -0.2) is 23.7 Å². The van der Waals surface area contributed by atoms with Crippen LogP contribution in [0.2, 0.25) is 0 Å². The Kier molecular flexibility index (Phi) is 8.64. The molecule has 0 saturated carbocycles. The number of hydrogen-bond acceptors (Lipinski definition) is 8. The van der Waals surface area contributed by atoms with Crippen LogP contribution >= 0.6 is 0 Å². The minimum Gasteiger partial charge on any atom is -0.398 e. The molecule has 5 N–H and O–H groups in total. The molecule has 0 bridgehead atoms. The van der Waals surface area contributed by atoms with Crippen LogP contribution in [-0.4, -0.2) is 32.8 Å². The topological polar surface area (TPSA) is 147 Å². The van der Waals surface area contributed by atoms with E-state index >= 15 is 0 Å². The van der Waals surface area contributed by atoms with Gasteiger partial charge >= 0.3 is 0 Å². The predicted molar refractivity (Wildman–Crippen MR) is 153 cm³/mol. The second-order valence-electron chi connectivity index (χ2n) is 9.04. The highest BCUT2D eigenvalue weighted by molar-refractivity contribution is 5.96. The molecule has 0 spiro atoms. The Balaban J connectivity index is 1.50. The Labute approximate surface area is 235 Å². The molecule has 9 nitrogen and oxygen atoms in total. The minimum atomic E-state index is -1.01. The molecule has 2 aromatic carbocycles. The molecule has 0 aliphatic heterocycles. The maximum Gasteiger partial charge on any atom is 0.276 e. The highest BCUT2D eigenvalue weighted by atomic mass is 19.2. The van der Waals surface area contributed by atoms with Crippen LogP contribution in [0.15, 0.2) is 79.7 Å². The van der Waals surface area contributed by atoms with Crippen LogP contribution in [0.3, 0.4) is 0 Å².